The molecular weight excluding hydrogens is 234 g/mol. The summed E-state index contributed by atoms with van der Waals surface area (Å²) in [5, 5.41) is 0. The van der Waals surface area contributed by atoms with Gasteiger partial charge in [-0.2, -0.15) is 0 Å². The summed E-state index contributed by atoms with van der Waals surface area (Å²) >= 11 is 0. The summed E-state index contributed by atoms with van der Waals surface area (Å²) in [7, 11) is 0. The number of nitrogens with zero attached hydrogens (tertiary/aromatic N) is 1. The SMILES string of the molecule is C=CC1=NC(c2ccccc2)C(c2ccccc2)O1. The molecule has 0 aromatic heterocycles. The zero-order chi connectivity index (χ0) is 13.1. The van der Waals surface area contributed by atoms with Crippen molar-refractivity contribution in [3.05, 3.63) is 84.4 Å². The first-order valence-electron chi connectivity index (χ1n) is 6.35. The van der Waals surface area contributed by atoms with E-state index in [-0.39, 0.29) is 12.1 Å². The summed E-state index contributed by atoms with van der Waals surface area (Å²) in [6, 6.07) is 20.4. The van der Waals surface area contributed by atoms with E-state index < -0.39 is 0 Å². The van der Waals surface area contributed by atoms with Crippen molar-refractivity contribution >= 4 is 5.90 Å². The van der Waals surface area contributed by atoms with Crippen molar-refractivity contribution < 1.29 is 4.74 Å². The van der Waals surface area contributed by atoms with Crippen LogP contribution in [0.5, 0.6) is 0 Å². The molecule has 0 N–H and O–H groups in total. The van der Waals surface area contributed by atoms with E-state index in [1.165, 1.54) is 0 Å². The highest BCUT2D eigenvalue weighted by Gasteiger charge is 2.32. The molecule has 0 bridgehead atoms. The van der Waals surface area contributed by atoms with Gasteiger partial charge >= 0.3 is 0 Å². The molecule has 2 atom stereocenters. The Balaban J connectivity index is 1.99. The maximum Gasteiger partial charge on any atom is 0.209 e. The van der Waals surface area contributed by atoms with Gasteiger partial charge in [-0.1, -0.05) is 67.2 Å². The topological polar surface area (TPSA) is 21.6 Å². The van der Waals surface area contributed by atoms with Gasteiger partial charge in [-0.3, -0.25) is 0 Å². The molecule has 0 spiro atoms. The Bertz CT molecular complexity index is 589. The molecule has 1 heterocycles. The summed E-state index contributed by atoms with van der Waals surface area (Å²) in [4.78, 5) is 4.61. The van der Waals surface area contributed by atoms with Crippen LogP contribution < -0.4 is 0 Å². The molecule has 2 unspecified atom stereocenters. The van der Waals surface area contributed by atoms with E-state index in [1.54, 1.807) is 6.08 Å². The van der Waals surface area contributed by atoms with E-state index in [1.807, 2.05) is 36.4 Å². The molecule has 2 aromatic carbocycles. The van der Waals surface area contributed by atoms with Crippen LogP contribution in [0.2, 0.25) is 0 Å². The molecule has 19 heavy (non-hydrogen) atoms. The number of rotatable bonds is 3. The minimum atomic E-state index is -0.0726. The predicted octanol–water partition coefficient (Wildman–Crippen LogP) is 4.08. The van der Waals surface area contributed by atoms with Gasteiger partial charge in [0.05, 0.1) is 0 Å². The second-order valence-electron chi connectivity index (χ2n) is 4.48. The third-order valence-electron chi connectivity index (χ3n) is 3.24. The van der Waals surface area contributed by atoms with Crippen LogP contribution in [-0.2, 0) is 4.74 Å². The minimum absolute atomic E-state index is 0.00315. The number of benzene rings is 2. The highest BCUT2D eigenvalue weighted by atomic mass is 16.5. The van der Waals surface area contributed by atoms with Crippen LogP contribution in [0.25, 0.3) is 0 Å². The Morgan fingerprint density at radius 3 is 2.05 bits per heavy atom. The van der Waals surface area contributed by atoms with Crippen molar-refractivity contribution in [1.82, 2.24) is 0 Å². The first-order valence-corrected chi connectivity index (χ1v) is 6.35. The van der Waals surface area contributed by atoms with Gasteiger partial charge in [0, 0.05) is 0 Å². The Kier molecular flexibility index (Phi) is 3.15. The third-order valence-corrected chi connectivity index (χ3v) is 3.24. The molecule has 0 aliphatic carbocycles. The second-order valence-corrected chi connectivity index (χ2v) is 4.48. The Hall–Kier alpha value is -2.35. The fraction of sp³-hybridized carbons (Fsp3) is 0.118. The van der Waals surface area contributed by atoms with Gasteiger partial charge in [0.1, 0.15) is 6.04 Å². The summed E-state index contributed by atoms with van der Waals surface area (Å²) in [5.41, 5.74) is 2.30. The van der Waals surface area contributed by atoms with Crippen LogP contribution in [0.4, 0.5) is 0 Å². The molecule has 94 valence electrons. The fourth-order valence-electron chi connectivity index (χ4n) is 2.32. The molecule has 0 saturated heterocycles. The maximum absolute atomic E-state index is 5.90. The van der Waals surface area contributed by atoms with Crippen LogP contribution in [0, 0.1) is 0 Å². The quantitative estimate of drug-likeness (QED) is 0.803. The molecule has 1 aliphatic heterocycles. The van der Waals surface area contributed by atoms with Gasteiger partial charge in [0.15, 0.2) is 6.10 Å². The summed E-state index contributed by atoms with van der Waals surface area (Å²) < 4.78 is 5.90. The lowest BCUT2D eigenvalue weighted by molar-refractivity contribution is 0.198. The molecule has 2 nitrogen and oxygen atoms in total. The van der Waals surface area contributed by atoms with Gasteiger partial charge in [-0.05, 0) is 17.2 Å². The Morgan fingerprint density at radius 1 is 0.895 bits per heavy atom. The lowest BCUT2D eigenvalue weighted by Gasteiger charge is -2.18. The first-order chi connectivity index (χ1) is 9.38. The minimum Gasteiger partial charge on any atom is -0.467 e. The average molecular weight is 249 g/mol. The smallest absolute Gasteiger partial charge is 0.209 e. The van der Waals surface area contributed by atoms with Gasteiger partial charge in [0.25, 0.3) is 0 Å². The van der Waals surface area contributed by atoms with Gasteiger partial charge in [0.2, 0.25) is 5.90 Å². The van der Waals surface area contributed by atoms with Crippen molar-refractivity contribution in [3.8, 4) is 0 Å². The molecule has 0 fully saturated rings. The fourth-order valence-corrected chi connectivity index (χ4v) is 2.32. The average Bonchev–Trinajstić information content (AvgIpc) is 2.93. The molecule has 0 radical (unpaired) electrons. The molecule has 0 saturated carbocycles. The normalized spacial score (nSPS) is 21.6. The van der Waals surface area contributed by atoms with E-state index in [0.717, 1.165) is 11.1 Å². The van der Waals surface area contributed by atoms with Crippen LogP contribution >= 0.6 is 0 Å². The van der Waals surface area contributed by atoms with E-state index in [9.17, 15) is 0 Å². The van der Waals surface area contributed by atoms with E-state index in [0.29, 0.717) is 5.90 Å². The molecule has 2 aromatic rings. The summed E-state index contributed by atoms with van der Waals surface area (Å²) in [5.74, 6) is 0.614. The first kappa shape index (κ1) is 11.7. The predicted molar refractivity (Wildman–Crippen MR) is 77.1 cm³/mol. The molecule has 2 heteroatoms. The standard InChI is InChI=1S/C17H15NO/c1-2-15-18-16(13-9-5-3-6-10-13)17(19-15)14-11-7-4-8-12-14/h2-12,16-17H,1H2. The van der Waals surface area contributed by atoms with E-state index in [4.69, 9.17) is 4.74 Å². The van der Waals surface area contributed by atoms with Crippen molar-refractivity contribution in [2.75, 3.05) is 0 Å². The maximum atomic E-state index is 5.90. The van der Waals surface area contributed by atoms with Crippen molar-refractivity contribution in [2.24, 2.45) is 4.99 Å². The second kappa shape index (κ2) is 5.11. The van der Waals surface area contributed by atoms with Gasteiger partial charge in [-0.15, -0.1) is 0 Å². The zero-order valence-corrected chi connectivity index (χ0v) is 10.6. The summed E-state index contributed by atoms with van der Waals surface area (Å²) in [6.07, 6.45) is 1.59. The highest BCUT2D eigenvalue weighted by Crippen LogP contribution is 2.39. The lowest BCUT2D eigenvalue weighted by atomic mass is 9.97. The highest BCUT2D eigenvalue weighted by molar-refractivity contribution is 5.88. The van der Waals surface area contributed by atoms with Crippen molar-refractivity contribution in [1.29, 1.82) is 0 Å². The van der Waals surface area contributed by atoms with Crippen molar-refractivity contribution in [2.45, 2.75) is 12.1 Å². The monoisotopic (exact) mass is 249 g/mol. The molecular formula is C17H15NO. The molecule has 1 aliphatic rings. The number of aliphatic imine (C=N–C) groups is 1. The molecule has 3 rings (SSSR count). The van der Waals surface area contributed by atoms with E-state index in [2.05, 4.69) is 35.8 Å². The molecule has 0 amide bonds. The van der Waals surface area contributed by atoms with Gasteiger partial charge < -0.3 is 4.74 Å². The zero-order valence-electron chi connectivity index (χ0n) is 10.6. The van der Waals surface area contributed by atoms with Gasteiger partial charge in [-0.25, -0.2) is 4.99 Å². The Morgan fingerprint density at radius 2 is 1.47 bits per heavy atom. The van der Waals surface area contributed by atoms with Crippen LogP contribution in [-0.4, -0.2) is 5.90 Å². The lowest BCUT2D eigenvalue weighted by Crippen LogP contribution is -2.07. The van der Waals surface area contributed by atoms with Crippen LogP contribution in [0.15, 0.2) is 78.3 Å². The van der Waals surface area contributed by atoms with E-state index >= 15 is 0 Å². The summed E-state index contributed by atoms with van der Waals surface area (Å²) in [6.45, 7) is 3.74. The van der Waals surface area contributed by atoms with Crippen LogP contribution in [0.1, 0.15) is 23.3 Å². The number of hydrogen-bond acceptors (Lipinski definition) is 2. The third kappa shape index (κ3) is 2.29. The largest absolute Gasteiger partial charge is 0.467 e. The van der Waals surface area contributed by atoms with Crippen molar-refractivity contribution in [3.63, 3.8) is 0 Å². The number of hydrogen-bond donors (Lipinski definition) is 0. The number of ether oxygens (including phenoxy) is 1. The Labute approximate surface area is 113 Å². The van der Waals surface area contributed by atoms with Crippen LogP contribution in [0.3, 0.4) is 0 Å².